The number of carbonyl (C=O) groups is 1. The van der Waals surface area contributed by atoms with E-state index >= 15 is 0 Å². The summed E-state index contributed by atoms with van der Waals surface area (Å²) < 4.78 is 8.38. The van der Waals surface area contributed by atoms with Crippen LogP contribution in [-0.2, 0) is 17.9 Å². The SMILES string of the molecule is N#CC(=Cc1cn(Cc2ccc(Br)cc2)c2ccccc12)C(=O)NCc1ccco1. The van der Waals surface area contributed by atoms with Crippen LogP contribution in [0.25, 0.3) is 17.0 Å². The molecule has 2 aromatic heterocycles. The van der Waals surface area contributed by atoms with Crippen molar-refractivity contribution < 1.29 is 9.21 Å². The van der Waals surface area contributed by atoms with Gasteiger partial charge in [0.25, 0.3) is 5.91 Å². The van der Waals surface area contributed by atoms with Crippen molar-refractivity contribution in [3.8, 4) is 6.07 Å². The fourth-order valence-corrected chi connectivity index (χ4v) is 3.55. The van der Waals surface area contributed by atoms with Gasteiger partial charge in [-0.1, -0.05) is 46.3 Å². The number of nitrogens with one attached hydrogen (secondary N) is 1. The molecule has 0 saturated heterocycles. The predicted molar refractivity (Wildman–Crippen MR) is 119 cm³/mol. The van der Waals surface area contributed by atoms with E-state index in [0.717, 1.165) is 26.5 Å². The quantitative estimate of drug-likeness (QED) is 0.315. The molecule has 0 bridgehead atoms. The second-order valence-corrected chi connectivity index (χ2v) is 7.70. The van der Waals surface area contributed by atoms with Gasteiger partial charge in [-0.05, 0) is 42.0 Å². The van der Waals surface area contributed by atoms with Crippen molar-refractivity contribution in [3.63, 3.8) is 0 Å². The Morgan fingerprint density at radius 3 is 2.67 bits per heavy atom. The summed E-state index contributed by atoms with van der Waals surface area (Å²) in [4.78, 5) is 12.5. The molecule has 2 aromatic carbocycles. The molecule has 148 valence electrons. The number of amides is 1. The molecule has 0 saturated carbocycles. The fraction of sp³-hybridized carbons (Fsp3) is 0.0833. The van der Waals surface area contributed by atoms with E-state index in [4.69, 9.17) is 4.42 Å². The van der Waals surface area contributed by atoms with E-state index in [1.54, 1.807) is 24.5 Å². The van der Waals surface area contributed by atoms with Gasteiger partial charge in [0.1, 0.15) is 17.4 Å². The van der Waals surface area contributed by atoms with Gasteiger partial charge in [-0.25, -0.2) is 0 Å². The Morgan fingerprint density at radius 2 is 1.93 bits per heavy atom. The zero-order chi connectivity index (χ0) is 20.9. The van der Waals surface area contributed by atoms with Crippen LogP contribution in [0.3, 0.4) is 0 Å². The van der Waals surface area contributed by atoms with Crippen molar-refractivity contribution in [1.29, 1.82) is 5.26 Å². The van der Waals surface area contributed by atoms with Crippen LogP contribution in [0.15, 0.2) is 87.6 Å². The Kier molecular flexibility index (Phi) is 5.82. The molecule has 4 aromatic rings. The van der Waals surface area contributed by atoms with Crippen LogP contribution in [0.1, 0.15) is 16.9 Å². The molecule has 0 unspecified atom stereocenters. The number of benzene rings is 2. The number of furan rings is 1. The standard InChI is InChI=1S/C24H18BrN3O2/c25-20-9-7-17(8-10-20)15-28-16-19(22-5-1-2-6-23(22)28)12-18(13-26)24(29)27-14-21-4-3-11-30-21/h1-12,16H,14-15H2,(H,27,29). The molecule has 0 radical (unpaired) electrons. The van der Waals surface area contributed by atoms with E-state index in [1.165, 1.54) is 0 Å². The Morgan fingerprint density at radius 1 is 1.13 bits per heavy atom. The highest BCUT2D eigenvalue weighted by atomic mass is 79.9. The van der Waals surface area contributed by atoms with Gasteiger partial charge in [0, 0.05) is 33.7 Å². The molecule has 0 aliphatic rings. The molecule has 0 atom stereocenters. The molecule has 30 heavy (non-hydrogen) atoms. The number of nitrogens with zero attached hydrogens (tertiary/aromatic N) is 2. The van der Waals surface area contributed by atoms with E-state index in [0.29, 0.717) is 12.3 Å². The zero-order valence-electron chi connectivity index (χ0n) is 16.0. The van der Waals surface area contributed by atoms with Gasteiger partial charge >= 0.3 is 0 Å². The van der Waals surface area contributed by atoms with Crippen molar-refractivity contribution >= 4 is 38.8 Å². The predicted octanol–water partition coefficient (Wildman–Crippen LogP) is 5.27. The summed E-state index contributed by atoms with van der Waals surface area (Å²) in [6, 6.07) is 21.7. The van der Waals surface area contributed by atoms with Crippen LogP contribution in [0.4, 0.5) is 0 Å². The first kappa shape index (κ1) is 19.7. The van der Waals surface area contributed by atoms with Gasteiger partial charge < -0.3 is 14.3 Å². The molecule has 6 heteroatoms. The third-order valence-electron chi connectivity index (χ3n) is 4.75. The number of rotatable bonds is 6. The van der Waals surface area contributed by atoms with Gasteiger partial charge in [0.2, 0.25) is 0 Å². The maximum atomic E-state index is 12.5. The lowest BCUT2D eigenvalue weighted by molar-refractivity contribution is -0.117. The Hall–Kier alpha value is -3.56. The van der Waals surface area contributed by atoms with Gasteiger partial charge in [-0.2, -0.15) is 5.26 Å². The summed E-state index contributed by atoms with van der Waals surface area (Å²) in [5.41, 5.74) is 3.08. The Bertz CT molecular complexity index is 1250. The van der Waals surface area contributed by atoms with Crippen molar-refractivity contribution in [2.75, 3.05) is 0 Å². The number of hydrogen-bond donors (Lipinski definition) is 1. The van der Waals surface area contributed by atoms with E-state index < -0.39 is 5.91 Å². The minimum atomic E-state index is -0.432. The molecular weight excluding hydrogens is 442 g/mol. The number of aromatic nitrogens is 1. The van der Waals surface area contributed by atoms with Crippen LogP contribution < -0.4 is 5.32 Å². The molecular formula is C24H18BrN3O2. The number of fused-ring (bicyclic) bond motifs is 1. The number of para-hydroxylation sites is 1. The summed E-state index contributed by atoms with van der Waals surface area (Å²) in [5.74, 6) is 0.199. The van der Waals surface area contributed by atoms with Crippen molar-refractivity contribution in [3.05, 3.63) is 100 Å². The average Bonchev–Trinajstić information content (AvgIpc) is 3.40. The molecule has 4 rings (SSSR count). The maximum absolute atomic E-state index is 12.5. The molecule has 5 nitrogen and oxygen atoms in total. The summed E-state index contributed by atoms with van der Waals surface area (Å²) >= 11 is 3.46. The minimum Gasteiger partial charge on any atom is -0.467 e. The zero-order valence-corrected chi connectivity index (χ0v) is 17.6. The summed E-state index contributed by atoms with van der Waals surface area (Å²) in [6.45, 7) is 0.921. The summed E-state index contributed by atoms with van der Waals surface area (Å²) in [6.07, 6.45) is 5.16. The number of hydrogen-bond acceptors (Lipinski definition) is 3. The van der Waals surface area contributed by atoms with E-state index in [2.05, 4.69) is 37.9 Å². The molecule has 0 aliphatic heterocycles. The molecule has 0 fully saturated rings. The van der Waals surface area contributed by atoms with Crippen molar-refractivity contribution in [1.82, 2.24) is 9.88 Å². The van der Waals surface area contributed by atoms with Crippen LogP contribution in [0.5, 0.6) is 0 Å². The number of nitriles is 1. The molecule has 1 N–H and O–H groups in total. The minimum absolute atomic E-state index is 0.0492. The van der Waals surface area contributed by atoms with Crippen LogP contribution in [0, 0.1) is 11.3 Å². The van der Waals surface area contributed by atoms with Crippen LogP contribution in [0.2, 0.25) is 0 Å². The smallest absolute Gasteiger partial charge is 0.262 e. The fourth-order valence-electron chi connectivity index (χ4n) is 3.29. The third kappa shape index (κ3) is 4.37. The van der Waals surface area contributed by atoms with E-state index in [-0.39, 0.29) is 12.1 Å². The molecule has 0 spiro atoms. The van der Waals surface area contributed by atoms with Crippen molar-refractivity contribution in [2.24, 2.45) is 0 Å². The van der Waals surface area contributed by atoms with Gasteiger partial charge in [0.15, 0.2) is 0 Å². The van der Waals surface area contributed by atoms with Gasteiger partial charge in [-0.15, -0.1) is 0 Å². The third-order valence-corrected chi connectivity index (χ3v) is 5.28. The molecule has 1 amide bonds. The lowest BCUT2D eigenvalue weighted by atomic mass is 10.1. The van der Waals surface area contributed by atoms with E-state index in [9.17, 15) is 10.1 Å². The van der Waals surface area contributed by atoms with Crippen molar-refractivity contribution in [2.45, 2.75) is 13.1 Å². The summed E-state index contributed by atoms with van der Waals surface area (Å²) in [5, 5.41) is 13.3. The monoisotopic (exact) mass is 459 g/mol. The topological polar surface area (TPSA) is 71.0 Å². The van der Waals surface area contributed by atoms with E-state index in [1.807, 2.05) is 48.7 Å². The highest BCUT2D eigenvalue weighted by Crippen LogP contribution is 2.25. The van der Waals surface area contributed by atoms with Gasteiger partial charge in [0.05, 0.1) is 12.8 Å². The van der Waals surface area contributed by atoms with Crippen LogP contribution >= 0.6 is 15.9 Å². The lowest BCUT2D eigenvalue weighted by Crippen LogP contribution is -2.23. The number of carbonyl (C=O) groups excluding carboxylic acids is 1. The second-order valence-electron chi connectivity index (χ2n) is 6.79. The first-order valence-corrected chi connectivity index (χ1v) is 10.2. The Balaban J connectivity index is 1.63. The van der Waals surface area contributed by atoms with Crippen LogP contribution in [-0.4, -0.2) is 10.5 Å². The second kappa shape index (κ2) is 8.85. The normalized spacial score (nSPS) is 11.4. The highest BCUT2D eigenvalue weighted by molar-refractivity contribution is 9.10. The largest absolute Gasteiger partial charge is 0.467 e. The summed E-state index contributed by atoms with van der Waals surface area (Å²) in [7, 11) is 0. The highest BCUT2D eigenvalue weighted by Gasteiger charge is 2.13. The molecule has 0 aliphatic carbocycles. The Labute approximate surface area is 182 Å². The average molecular weight is 460 g/mol. The maximum Gasteiger partial charge on any atom is 0.262 e. The first-order chi connectivity index (χ1) is 14.6. The first-order valence-electron chi connectivity index (χ1n) is 9.39. The number of halogens is 1. The lowest BCUT2D eigenvalue weighted by Gasteiger charge is -2.05. The van der Waals surface area contributed by atoms with Gasteiger partial charge in [-0.3, -0.25) is 4.79 Å². The molecule has 2 heterocycles.